The third kappa shape index (κ3) is 6.34. The van der Waals surface area contributed by atoms with E-state index in [4.69, 9.17) is 0 Å². The van der Waals surface area contributed by atoms with E-state index in [0.29, 0.717) is 16.9 Å². The Morgan fingerprint density at radius 2 is 1.56 bits per heavy atom. The standard InChI is InChI=1S/C29H30F6O/c1-2-3-4-18-5-8-20(9-6-18)22-13-14-24-23(17-22)12-11-21(27(24)32)10-7-19-15-25(30)28(26(31)16-19)36-29(33,34)35/h11-18,20H,2-10H2,1H3. The number of unbranched alkanes of at least 4 members (excludes halogenated alkanes) is 1. The van der Waals surface area contributed by atoms with Crippen molar-refractivity contribution in [1.82, 2.24) is 0 Å². The lowest BCUT2D eigenvalue weighted by atomic mass is 9.77. The van der Waals surface area contributed by atoms with E-state index in [2.05, 4.69) is 17.7 Å². The molecule has 0 bridgehead atoms. The van der Waals surface area contributed by atoms with Crippen LogP contribution < -0.4 is 4.74 Å². The molecule has 1 nitrogen and oxygen atoms in total. The van der Waals surface area contributed by atoms with Crippen LogP contribution >= 0.6 is 0 Å². The first-order chi connectivity index (χ1) is 17.1. The van der Waals surface area contributed by atoms with Gasteiger partial charge in [0.25, 0.3) is 0 Å². The Labute approximate surface area is 207 Å². The van der Waals surface area contributed by atoms with E-state index in [1.807, 2.05) is 12.1 Å². The second-order valence-corrected chi connectivity index (χ2v) is 9.82. The molecule has 0 radical (unpaired) electrons. The van der Waals surface area contributed by atoms with E-state index >= 15 is 4.39 Å². The van der Waals surface area contributed by atoms with Crippen LogP contribution in [0.15, 0.2) is 42.5 Å². The van der Waals surface area contributed by atoms with Crippen molar-refractivity contribution in [3.8, 4) is 5.75 Å². The summed E-state index contributed by atoms with van der Waals surface area (Å²) in [5.74, 6) is -3.48. The Kier molecular flexibility index (Phi) is 8.16. The topological polar surface area (TPSA) is 9.23 Å². The van der Waals surface area contributed by atoms with Crippen LogP contribution in [-0.2, 0) is 12.8 Å². The van der Waals surface area contributed by atoms with Gasteiger partial charge in [0, 0.05) is 5.39 Å². The van der Waals surface area contributed by atoms with Crippen LogP contribution in [0.4, 0.5) is 26.3 Å². The quantitative estimate of drug-likeness (QED) is 0.275. The molecule has 0 aromatic heterocycles. The van der Waals surface area contributed by atoms with Gasteiger partial charge in [-0.1, -0.05) is 56.5 Å². The van der Waals surface area contributed by atoms with Gasteiger partial charge in [-0.05, 0) is 84.6 Å². The third-order valence-corrected chi connectivity index (χ3v) is 7.30. The number of halogens is 6. The summed E-state index contributed by atoms with van der Waals surface area (Å²) in [6.07, 6.45) is 3.60. The third-order valence-electron chi connectivity index (χ3n) is 7.30. The van der Waals surface area contributed by atoms with Gasteiger partial charge in [0.15, 0.2) is 11.6 Å². The number of hydrogen-bond donors (Lipinski definition) is 0. The Balaban J connectivity index is 1.44. The molecule has 1 saturated carbocycles. The van der Waals surface area contributed by atoms with E-state index < -0.39 is 23.7 Å². The van der Waals surface area contributed by atoms with Crippen LogP contribution in [0.1, 0.15) is 74.5 Å². The fourth-order valence-corrected chi connectivity index (χ4v) is 5.33. The van der Waals surface area contributed by atoms with Gasteiger partial charge in [0.2, 0.25) is 5.75 Å². The highest BCUT2D eigenvalue weighted by molar-refractivity contribution is 5.84. The van der Waals surface area contributed by atoms with Crippen LogP contribution in [0.25, 0.3) is 10.8 Å². The van der Waals surface area contributed by atoms with Gasteiger partial charge >= 0.3 is 6.36 Å². The molecular weight excluding hydrogens is 478 g/mol. The number of aryl methyl sites for hydroxylation is 2. The molecule has 0 saturated heterocycles. The summed E-state index contributed by atoms with van der Waals surface area (Å²) in [6, 6.07) is 10.9. The lowest BCUT2D eigenvalue weighted by Crippen LogP contribution is -2.19. The molecule has 1 fully saturated rings. The Morgan fingerprint density at radius 3 is 2.19 bits per heavy atom. The predicted molar refractivity (Wildman–Crippen MR) is 129 cm³/mol. The van der Waals surface area contributed by atoms with Crippen molar-refractivity contribution in [1.29, 1.82) is 0 Å². The second kappa shape index (κ2) is 11.1. The second-order valence-electron chi connectivity index (χ2n) is 9.82. The molecule has 0 N–H and O–H groups in total. The summed E-state index contributed by atoms with van der Waals surface area (Å²) in [7, 11) is 0. The molecule has 0 unspecified atom stereocenters. The number of hydrogen-bond acceptors (Lipinski definition) is 1. The zero-order chi connectivity index (χ0) is 25.9. The highest BCUT2D eigenvalue weighted by atomic mass is 19.4. The van der Waals surface area contributed by atoms with E-state index in [1.165, 1.54) is 37.7 Å². The number of rotatable bonds is 8. The molecule has 3 aromatic carbocycles. The Morgan fingerprint density at radius 1 is 0.861 bits per heavy atom. The zero-order valence-corrected chi connectivity index (χ0v) is 20.2. The van der Waals surface area contributed by atoms with Gasteiger partial charge in [0.1, 0.15) is 5.82 Å². The predicted octanol–water partition coefficient (Wildman–Crippen LogP) is 9.40. The van der Waals surface area contributed by atoms with E-state index in [0.717, 1.165) is 36.3 Å². The molecule has 0 aliphatic heterocycles. The smallest absolute Gasteiger partial charge is 0.399 e. The van der Waals surface area contributed by atoms with Gasteiger partial charge < -0.3 is 4.74 Å². The fourth-order valence-electron chi connectivity index (χ4n) is 5.33. The molecule has 7 heteroatoms. The summed E-state index contributed by atoms with van der Waals surface area (Å²) in [5, 5.41) is 1.30. The summed E-state index contributed by atoms with van der Waals surface area (Å²) in [6.45, 7) is 2.22. The summed E-state index contributed by atoms with van der Waals surface area (Å²) in [5.41, 5.74) is 1.72. The molecule has 36 heavy (non-hydrogen) atoms. The number of ether oxygens (including phenoxy) is 1. The SMILES string of the molecule is CCCCC1CCC(c2ccc3c(F)c(CCc4cc(F)c(OC(F)(F)F)c(F)c4)ccc3c2)CC1. The molecule has 4 rings (SSSR count). The summed E-state index contributed by atoms with van der Waals surface area (Å²) >= 11 is 0. The van der Waals surface area contributed by atoms with Gasteiger partial charge in [-0.3, -0.25) is 0 Å². The minimum atomic E-state index is -5.20. The molecule has 0 atom stereocenters. The van der Waals surface area contributed by atoms with E-state index in [1.54, 1.807) is 12.1 Å². The minimum absolute atomic E-state index is 0.0575. The van der Waals surface area contributed by atoms with E-state index in [9.17, 15) is 22.0 Å². The first-order valence-electron chi connectivity index (χ1n) is 12.6. The summed E-state index contributed by atoms with van der Waals surface area (Å²) in [4.78, 5) is 0. The maximum absolute atomic E-state index is 15.2. The van der Waals surface area contributed by atoms with Crippen molar-refractivity contribution < 1.29 is 31.1 Å². The minimum Gasteiger partial charge on any atom is -0.399 e. The normalized spacial score (nSPS) is 18.5. The fraction of sp³-hybridized carbons (Fsp3) is 0.448. The summed E-state index contributed by atoms with van der Waals surface area (Å²) < 4.78 is 83.6. The largest absolute Gasteiger partial charge is 0.573 e. The van der Waals surface area contributed by atoms with Crippen LogP contribution in [-0.4, -0.2) is 6.36 Å². The van der Waals surface area contributed by atoms with Crippen molar-refractivity contribution in [2.45, 2.75) is 77.0 Å². The molecule has 0 spiro atoms. The van der Waals surface area contributed by atoms with Gasteiger partial charge in [0.05, 0.1) is 0 Å². The van der Waals surface area contributed by atoms with Crippen LogP contribution in [0.3, 0.4) is 0 Å². The maximum Gasteiger partial charge on any atom is 0.573 e. The molecule has 0 heterocycles. The first-order valence-corrected chi connectivity index (χ1v) is 12.6. The monoisotopic (exact) mass is 508 g/mol. The molecular formula is C29H30F6O. The van der Waals surface area contributed by atoms with Crippen LogP contribution in [0.5, 0.6) is 5.75 Å². The molecule has 194 valence electrons. The van der Waals surface area contributed by atoms with Gasteiger partial charge in [-0.15, -0.1) is 13.2 Å². The average molecular weight is 509 g/mol. The highest BCUT2D eigenvalue weighted by Crippen LogP contribution is 2.39. The molecule has 1 aliphatic rings. The lowest BCUT2D eigenvalue weighted by Gasteiger charge is -2.29. The Hall–Kier alpha value is -2.70. The first kappa shape index (κ1) is 26.4. The van der Waals surface area contributed by atoms with Crippen molar-refractivity contribution in [2.24, 2.45) is 5.92 Å². The molecule has 0 amide bonds. The number of fused-ring (bicyclic) bond motifs is 1. The van der Waals surface area contributed by atoms with E-state index in [-0.39, 0.29) is 24.2 Å². The van der Waals surface area contributed by atoms with Crippen molar-refractivity contribution in [3.63, 3.8) is 0 Å². The van der Waals surface area contributed by atoms with Crippen LogP contribution in [0, 0.1) is 23.4 Å². The number of alkyl halides is 3. The zero-order valence-electron chi connectivity index (χ0n) is 20.2. The lowest BCUT2D eigenvalue weighted by molar-refractivity contribution is -0.276. The van der Waals surface area contributed by atoms with Gasteiger partial charge in [-0.2, -0.15) is 0 Å². The van der Waals surface area contributed by atoms with Crippen molar-refractivity contribution in [3.05, 3.63) is 76.6 Å². The van der Waals surface area contributed by atoms with Crippen LogP contribution in [0.2, 0.25) is 0 Å². The number of benzene rings is 3. The highest BCUT2D eigenvalue weighted by Gasteiger charge is 2.34. The van der Waals surface area contributed by atoms with Crippen molar-refractivity contribution in [2.75, 3.05) is 0 Å². The van der Waals surface area contributed by atoms with Gasteiger partial charge in [-0.25, -0.2) is 13.2 Å². The maximum atomic E-state index is 15.2. The van der Waals surface area contributed by atoms with Crippen molar-refractivity contribution >= 4 is 10.8 Å². The molecule has 3 aromatic rings. The average Bonchev–Trinajstić information content (AvgIpc) is 2.84. The molecule has 1 aliphatic carbocycles. The Bertz CT molecular complexity index is 1170.